The lowest BCUT2D eigenvalue weighted by molar-refractivity contribution is 0.470. The van der Waals surface area contributed by atoms with E-state index in [9.17, 15) is 0 Å². The van der Waals surface area contributed by atoms with Crippen molar-refractivity contribution in [2.75, 3.05) is 20.1 Å². The van der Waals surface area contributed by atoms with Gasteiger partial charge >= 0.3 is 0 Å². The van der Waals surface area contributed by atoms with Crippen molar-refractivity contribution in [3.05, 3.63) is 55.0 Å². The molecule has 2 rings (SSSR count). The first kappa shape index (κ1) is 21.1. The second kappa shape index (κ2) is 11.6. The molecular formula is C18H27IN6. The zero-order valence-electron chi connectivity index (χ0n) is 14.9. The van der Waals surface area contributed by atoms with E-state index in [1.54, 1.807) is 17.1 Å². The van der Waals surface area contributed by atoms with Gasteiger partial charge in [-0.1, -0.05) is 6.08 Å². The first-order valence-electron chi connectivity index (χ1n) is 8.30. The summed E-state index contributed by atoms with van der Waals surface area (Å²) in [6, 6.07) is 5.88. The maximum atomic E-state index is 4.73. The van der Waals surface area contributed by atoms with E-state index >= 15 is 0 Å². The van der Waals surface area contributed by atoms with Gasteiger partial charge in [0.25, 0.3) is 0 Å². The molecule has 6 nitrogen and oxygen atoms in total. The number of pyridine rings is 1. The van der Waals surface area contributed by atoms with Crippen LogP contribution in [0.15, 0.2) is 54.4 Å². The Kier molecular flexibility index (Phi) is 9.83. The molecule has 136 valence electrons. The number of hydrogen-bond acceptors (Lipinski definition) is 3. The maximum absolute atomic E-state index is 4.73. The molecule has 2 aromatic rings. The molecule has 0 bridgehead atoms. The van der Waals surface area contributed by atoms with Crippen LogP contribution in [0.25, 0.3) is 5.82 Å². The maximum Gasteiger partial charge on any atom is 0.193 e. The molecule has 0 atom stereocenters. The van der Waals surface area contributed by atoms with Gasteiger partial charge in [-0.2, -0.15) is 5.10 Å². The number of aliphatic imine (C=N–C) groups is 1. The van der Waals surface area contributed by atoms with Gasteiger partial charge in [0.1, 0.15) is 0 Å². The summed E-state index contributed by atoms with van der Waals surface area (Å²) in [6.07, 6.45) is 9.46. The van der Waals surface area contributed by atoms with Crippen LogP contribution in [-0.4, -0.2) is 45.8 Å². The molecule has 0 spiro atoms. The molecular weight excluding hydrogens is 427 g/mol. The van der Waals surface area contributed by atoms with Crippen molar-refractivity contribution >= 4 is 29.9 Å². The summed E-state index contributed by atoms with van der Waals surface area (Å²) < 4.78 is 1.75. The minimum Gasteiger partial charge on any atom is -0.357 e. The van der Waals surface area contributed by atoms with E-state index in [2.05, 4.69) is 40.8 Å². The molecule has 0 saturated heterocycles. The summed E-state index contributed by atoms with van der Waals surface area (Å²) in [5, 5.41) is 7.55. The number of allylic oxidation sites excluding steroid dienone is 1. The first-order valence-corrected chi connectivity index (χ1v) is 8.30. The molecule has 7 heteroatoms. The highest BCUT2D eigenvalue weighted by atomic mass is 127. The smallest absolute Gasteiger partial charge is 0.193 e. The summed E-state index contributed by atoms with van der Waals surface area (Å²) >= 11 is 0. The minimum atomic E-state index is 0. The largest absolute Gasteiger partial charge is 0.357 e. The van der Waals surface area contributed by atoms with Gasteiger partial charge in [0.15, 0.2) is 11.8 Å². The predicted molar refractivity (Wildman–Crippen MR) is 114 cm³/mol. The molecule has 0 radical (unpaired) electrons. The Morgan fingerprint density at radius 3 is 2.96 bits per heavy atom. The third-order valence-electron chi connectivity index (χ3n) is 3.56. The third kappa shape index (κ3) is 6.85. The zero-order valence-corrected chi connectivity index (χ0v) is 17.3. The second-order valence-electron chi connectivity index (χ2n) is 5.50. The van der Waals surface area contributed by atoms with Gasteiger partial charge in [-0.15, -0.1) is 30.6 Å². The van der Waals surface area contributed by atoms with Crippen LogP contribution < -0.4 is 5.32 Å². The predicted octanol–water partition coefficient (Wildman–Crippen LogP) is 3.25. The molecule has 1 N–H and O–H groups in total. The average molecular weight is 454 g/mol. The standard InChI is InChI=1S/C18H26N6.HI/c1-4-6-7-12-23(3)18(19-5-2)21-15-16-9-11-20-17(14-16)24-13-8-10-22-24;/h4,8-11,13-14H,1,5-7,12,15H2,2-3H3,(H,19,21);1H. The van der Waals surface area contributed by atoms with Crippen LogP contribution in [0.1, 0.15) is 25.3 Å². The number of nitrogens with zero attached hydrogens (tertiary/aromatic N) is 5. The summed E-state index contributed by atoms with van der Waals surface area (Å²) in [7, 11) is 2.06. The first-order chi connectivity index (χ1) is 11.7. The molecule has 0 aliphatic rings. The zero-order chi connectivity index (χ0) is 17.2. The van der Waals surface area contributed by atoms with Crippen molar-refractivity contribution in [3.63, 3.8) is 0 Å². The number of halogens is 1. The Labute approximate surface area is 167 Å². The number of guanidine groups is 1. The fourth-order valence-electron chi connectivity index (χ4n) is 2.30. The van der Waals surface area contributed by atoms with Crippen molar-refractivity contribution in [2.45, 2.75) is 26.3 Å². The molecule has 2 heterocycles. The van der Waals surface area contributed by atoms with Crippen LogP contribution >= 0.6 is 24.0 Å². The van der Waals surface area contributed by atoms with Gasteiger partial charge in [0, 0.05) is 38.7 Å². The quantitative estimate of drug-likeness (QED) is 0.219. The SMILES string of the molecule is C=CCCCN(C)C(=NCc1ccnc(-n2cccn2)c1)NCC.I. The van der Waals surface area contributed by atoms with Crippen molar-refractivity contribution in [2.24, 2.45) is 4.99 Å². The van der Waals surface area contributed by atoms with E-state index < -0.39 is 0 Å². The van der Waals surface area contributed by atoms with Crippen LogP contribution in [0.3, 0.4) is 0 Å². The Hall–Kier alpha value is -1.90. The summed E-state index contributed by atoms with van der Waals surface area (Å²) in [4.78, 5) is 11.2. The molecule has 0 aliphatic heterocycles. The van der Waals surface area contributed by atoms with E-state index in [1.165, 1.54) is 0 Å². The van der Waals surface area contributed by atoms with Crippen LogP contribution in [0.5, 0.6) is 0 Å². The summed E-state index contributed by atoms with van der Waals surface area (Å²) in [5.41, 5.74) is 1.10. The summed E-state index contributed by atoms with van der Waals surface area (Å²) in [5.74, 6) is 1.72. The fraction of sp³-hybridized carbons (Fsp3) is 0.389. The van der Waals surface area contributed by atoms with Crippen LogP contribution in [0.2, 0.25) is 0 Å². The number of nitrogens with one attached hydrogen (secondary N) is 1. The Morgan fingerprint density at radius 2 is 2.28 bits per heavy atom. The van der Waals surface area contributed by atoms with Crippen molar-refractivity contribution in [3.8, 4) is 5.82 Å². The number of aromatic nitrogens is 3. The molecule has 2 aromatic heterocycles. The van der Waals surface area contributed by atoms with Gasteiger partial charge in [-0.3, -0.25) is 0 Å². The van der Waals surface area contributed by atoms with E-state index in [1.807, 2.05) is 30.5 Å². The molecule has 0 aromatic carbocycles. The van der Waals surface area contributed by atoms with Gasteiger partial charge in [0.05, 0.1) is 6.54 Å². The Bertz CT molecular complexity index is 653. The average Bonchev–Trinajstić information content (AvgIpc) is 3.13. The molecule has 0 saturated carbocycles. The van der Waals surface area contributed by atoms with E-state index in [0.29, 0.717) is 6.54 Å². The highest BCUT2D eigenvalue weighted by molar-refractivity contribution is 14.0. The molecule has 0 fully saturated rings. The van der Waals surface area contributed by atoms with Gasteiger partial charge < -0.3 is 10.2 Å². The van der Waals surface area contributed by atoms with Gasteiger partial charge in [-0.05, 0) is 43.5 Å². The molecule has 25 heavy (non-hydrogen) atoms. The van der Waals surface area contributed by atoms with Crippen molar-refractivity contribution < 1.29 is 0 Å². The topological polar surface area (TPSA) is 58.3 Å². The number of hydrogen-bond donors (Lipinski definition) is 1. The van der Waals surface area contributed by atoms with Crippen molar-refractivity contribution in [1.29, 1.82) is 0 Å². The Balaban J connectivity index is 0.00000312. The lowest BCUT2D eigenvalue weighted by Gasteiger charge is -2.21. The lowest BCUT2D eigenvalue weighted by atomic mass is 10.2. The second-order valence-corrected chi connectivity index (χ2v) is 5.50. The Morgan fingerprint density at radius 1 is 1.44 bits per heavy atom. The van der Waals surface area contributed by atoms with Crippen molar-refractivity contribution in [1.82, 2.24) is 25.0 Å². The normalized spacial score (nSPS) is 10.9. The summed E-state index contributed by atoms with van der Waals surface area (Å²) in [6.45, 7) is 8.25. The molecule has 0 aliphatic carbocycles. The number of unbranched alkanes of at least 4 members (excludes halogenated alkanes) is 1. The third-order valence-corrected chi connectivity index (χ3v) is 3.56. The van der Waals surface area contributed by atoms with Crippen LogP contribution in [-0.2, 0) is 6.54 Å². The fourth-order valence-corrected chi connectivity index (χ4v) is 2.30. The van der Waals surface area contributed by atoms with E-state index in [-0.39, 0.29) is 24.0 Å². The van der Waals surface area contributed by atoms with Gasteiger partial charge in [0.2, 0.25) is 0 Å². The number of rotatable bonds is 8. The minimum absolute atomic E-state index is 0. The highest BCUT2D eigenvalue weighted by Gasteiger charge is 2.05. The molecule has 0 amide bonds. The molecule has 0 unspecified atom stereocenters. The van der Waals surface area contributed by atoms with Crippen LogP contribution in [0, 0.1) is 0 Å². The lowest BCUT2D eigenvalue weighted by Crippen LogP contribution is -2.39. The van der Waals surface area contributed by atoms with Crippen LogP contribution in [0.4, 0.5) is 0 Å². The van der Waals surface area contributed by atoms with Gasteiger partial charge in [-0.25, -0.2) is 14.7 Å². The monoisotopic (exact) mass is 454 g/mol. The van der Waals surface area contributed by atoms with E-state index in [4.69, 9.17) is 4.99 Å². The van der Waals surface area contributed by atoms with E-state index in [0.717, 1.165) is 43.3 Å². The highest BCUT2D eigenvalue weighted by Crippen LogP contribution is 2.08.